The quantitative estimate of drug-likeness (QED) is 0.221. The van der Waals surface area contributed by atoms with Gasteiger partial charge in [0.2, 0.25) is 0 Å². The zero-order chi connectivity index (χ0) is 20.2. The molecule has 152 valence electrons. The lowest BCUT2D eigenvalue weighted by Crippen LogP contribution is -2.42. The van der Waals surface area contributed by atoms with E-state index in [1.807, 2.05) is 0 Å². The minimum absolute atomic E-state index is 0.0367. The maximum absolute atomic E-state index is 12.6. The first-order chi connectivity index (χ1) is 11.8. The van der Waals surface area contributed by atoms with Crippen molar-refractivity contribution >= 4 is 16.2 Å². The molecular weight excluding hydrogens is 383 g/mol. The lowest BCUT2D eigenvalue weighted by Gasteiger charge is -2.32. The van der Waals surface area contributed by atoms with Crippen molar-refractivity contribution in [3.63, 3.8) is 0 Å². The van der Waals surface area contributed by atoms with Crippen LogP contribution in [0.1, 0.15) is 34.1 Å². The third-order valence-electron chi connectivity index (χ3n) is 2.99. The van der Waals surface area contributed by atoms with E-state index in [0.717, 1.165) is 4.90 Å². The Balaban J connectivity index is 3.02. The molecule has 0 saturated carbocycles. The number of rotatable bonds is 6. The summed E-state index contributed by atoms with van der Waals surface area (Å²) in [6, 6.07) is 0. The first-order valence-corrected chi connectivity index (χ1v) is 9.11. The third-order valence-corrected chi connectivity index (χ3v) is 3.98. The molecule has 0 spiro atoms. The number of carbonyl (C=O) groups is 1. The summed E-state index contributed by atoms with van der Waals surface area (Å²) >= 11 is 0. The van der Waals surface area contributed by atoms with Crippen LogP contribution >= 0.6 is 0 Å². The fourth-order valence-electron chi connectivity index (χ4n) is 1.87. The van der Waals surface area contributed by atoms with Crippen molar-refractivity contribution < 1.29 is 45.1 Å². The molecule has 0 fully saturated rings. The summed E-state index contributed by atoms with van der Waals surface area (Å²) in [5.74, 6) is -0.542. The van der Waals surface area contributed by atoms with Crippen LogP contribution in [0.3, 0.4) is 0 Å². The molecule has 0 atom stereocenters. The minimum atomic E-state index is -5.88. The molecule has 0 aromatic rings. The number of alkyl halides is 3. The predicted molar refractivity (Wildman–Crippen MR) is 83.1 cm³/mol. The lowest BCUT2D eigenvalue weighted by atomic mass is 10.1. The van der Waals surface area contributed by atoms with E-state index in [9.17, 15) is 26.4 Å². The van der Waals surface area contributed by atoms with Gasteiger partial charge in [0.1, 0.15) is 18.0 Å². The molecule has 1 aliphatic heterocycles. The van der Waals surface area contributed by atoms with E-state index in [4.69, 9.17) is 9.62 Å². The second kappa shape index (κ2) is 8.44. The largest absolute Gasteiger partial charge is 0.534 e. The van der Waals surface area contributed by atoms with E-state index < -0.39 is 39.6 Å². The summed E-state index contributed by atoms with van der Waals surface area (Å²) < 4.78 is 69.8. The fourth-order valence-corrected chi connectivity index (χ4v) is 2.40. The van der Waals surface area contributed by atoms with Crippen molar-refractivity contribution in [1.82, 2.24) is 4.90 Å². The highest BCUT2D eigenvalue weighted by Crippen LogP contribution is 2.30. The first-order valence-electron chi connectivity index (χ1n) is 7.71. The average molecular weight is 405 g/mol. The molecule has 1 heterocycles. The van der Waals surface area contributed by atoms with Crippen LogP contribution in [0.4, 0.5) is 18.0 Å². The van der Waals surface area contributed by atoms with Gasteiger partial charge in [-0.2, -0.15) is 21.6 Å². The van der Waals surface area contributed by atoms with Gasteiger partial charge in [0, 0.05) is 12.1 Å². The van der Waals surface area contributed by atoms with E-state index in [1.165, 1.54) is 0 Å². The highest BCUT2D eigenvalue weighted by atomic mass is 32.2. The van der Waals surface area contributed by atoms with Crippen molar-refractivity contribution in [3.05, 3.63) is 11.3 Å². The van der Waals surface area contributed by atoms with Crippen LogP contribution in [-0.4, -0.2) is 56.8 Å². The number of carbonyl (C=O) groups excluding carboxylic acids is 1. The smallest absolute Gasteiger partial charge is 0.444 e. The van der Waals surface area contributed by atoms with Gasteiger partial charge in [-0.05, 0) is 34.1 Å². The number of ether oxygens (including phenoxy) is 1. The molecule has 0 radical (unpaired) electrons. The second-order valence-corrected chi connectivity index (χ2v) is 7.87. The second-order valence-electron chi connectivity index (χ2n) is 6.33. The summed E-state index contributed by atoms with van der Waals surface area (Å²) in [7, 11) is -5.88. The molecule has 26 heavy (non-hydrogen) atoms. The maximum atomic E-state index is 12.6. The molecular formula is C14H22F3NO7S. The van der Waals surface area contributed by atoms with Crippen LogP contribution in [-0.2, 0) is 28.8 Å². The molecule has 0 saturated heterocycles. The molecule has 0 aliphatic carbocycles. The summed E-state index contributed by atoms with van der Waals surface area (Å²) in [5, 5.41) is 0. The number of nitrogens with zero attached hydrogens (tertiary/aromatic N) is 1. The molecule has 0 N–H and O–H groups in total. The molecule has 8 nitrogen and oxygen atoms in total. The van der Waals surface area contributed by atoms with Gasteiger partial charge in [0.05, 0.1) is 13.2 Å². The molecule has 1 rings (SSSR count). The topological polar surface area (TPSA) is 91.4 Å². The van der Waals surface area contributed by atoms with Crippen LogP contribution < -0.4 is 0 Å². The normalized spacial score (nSPS) is 16.7. The van der Waals surface area contributed by atoms with Crippen molar-refractivity contribution in [2.45, 2.75) is 45.2 Å². The van der Waals surface area contributed by atoms with Crippen molar-refractivity contribution in [3.8, 4) is 0 Å². The zero-order valence-corrected chi connectivity index (χ0v) is 15.7. The van der Waals surface area contributed by atoms with E-state index in [2.05, 4.69) is 9.07 Å². The Morgan fingerprint density at radius 3 is 2.31 bits per heavy atom. The van der Waals surface area contributed by atoms with Crippen LogP contribution in [0.15, 0.2) is 11.3 Å². The fraction of sp³-hybridized carbons (Fsp3) is 0.786. The number of halogens is 3. The van der Waals surface area contributed by atoms with Crippen molar-refractivity contribution in [1.29, 1.82) is 0 Å². The number of hydrogen-bond donors (Lipinski definition) is 0. The van der Waals surface area contributed by atoms with Gasteiger partial charge >= 0.3 is 21.7 Å². The van der Waals surface area contributed by atoms with Gasteiger partial charge in [0.25, 0.3) is 0 Å². The molecule has 0 aromatic carbocycles. The average Bonchev–Trinajstić information content (AvgIpc) is 2.45. The predicted octanol–water partition coefficient (Wildman–Crippen LogP) is 2.72. The van der Waals surface area contributed by atoms with E-state index in [1.54, 1.807) is 27.7 Å². The molecule has 0 unspecified atom stereocenters. The lowest BCUT2D eigenvalue weighted by molar-refractivity contribution is -0.285. The molecule has 0 bridgehead atoms. The Morgan fingerprint density at radius 1 is 1.19 bits per heavy atom. The Kier molecular flexibility index (Phi) is 7.31. The van der Waals surface area contributed by atoms with Crippen LogP contribution in [0.5, 0.6) is 0 Å². The van der Waals surface area contributed by atoms with Gasteiger partial charge in [-0.3, -0.25) is 0 Å². The van der Waals surface area contributed by atoms with E-state index >= 15 is 0 Å². The van der Waals surface area contributed by atoms with Crippen molar-refractivity contribution in [2.24, 2.45) is 0 Å². The first kappa shape index (κ1) is 22.5. The Morgan fingerprint density at radius 2 is 1.81 bits per heavy atom. The molecule has 1 aliphatic rings. The summed E-state index contributed by atoms with van der Waals surface area (Å²) in [5.41, 5.74) is -6.27. The van der Waals surface area contributed by atoms with Crippen molar-refractivity contribution in [2.75, 3.05) is 26.3 Å². The standard InChI is InChI=1S/C14H22F3NO7S/c1-5-22-23-9-10-6-7-18(12(19)24-13(2,3)4)8-11(10)25-26(20,21)14(15,16)17/h5-9H2,1-4H3. The number of hydrogen-bond acceptors (Lipinski definition) is 7. The van der Waals surface area contributed by atoms with Crippen LogP contribution in [0.2, 0.25) is 0 Å². The Bertz CT molecular complexity index is 638. The van der Waals surface area contributed by atoms with E-state index in [0.29, 0.717) is 0 Å². The summed E-state index contributed by atoms with van der Waals surface area (Å²) in [6.07, 6.45) is -0.762. The Labute approximate surface area is 149 Å². The summed E-state index contributed by atoms with van der Waals surface area (Å²) in [4.78, 5) is 22.6. The molecule has 0 aromatic heterocycles. The van der Waals surface area contributed by atoms with Gasteiger partial charge in [-0.25, -0.2) is 14.6 Å². The van der Waals surface area contributed by atoms with Crippen LogP contribution in [0, 0.1) is 0 Å². The van der Waals surface area contributed by atoms with Gasteiger partial charge in [0.15, 0.2) is 0 Å². The van der Waals surface area contributed by atoms with Crippen LogP contribution in [0.25, 0.3) is 0 Å². The zero-order valence-electron chi connectivity index (χ0n) is 14.9. The number of amides is 1. The molecule has 12 heteroatoms. The SMILES string of the molecule is CCOOCC1=C(OS(=O)(=O)C(F)(F)F)CN(C(=O)OC(C)(C)C)CC1. The highest BCUT2D eigenvalue weighted by Gasteiger charge is 2.49. The van der Waals surface area contributed by atoms with Gasteiger partial charge < -0.3 is 13.8 Å². The third kappa shape index (κ3) is 6.65. The summed E-state index contributed by atoms with van der Waals surface area (Å²) in [6.45, 7) is 5.98. The minimum Gasteiger partial charge on any atom is -0.444 e. The Hall–Kier alpha value is -1.53. The van der Waals surface area contributed by atoms with E-state index in [-0.39, 0.29) is 31.8 Å². The highest BCUT2D eigenvalue weighted by molar-refractivity contribution is 7.87. The monoisotopic (exact) mass is 405 g/mol. The van der Waals surface area contributed by atoms with Gasteiger partial charge in [-0.15, -0.1) is 0 Å². The molecule has 1 amide bonds. The van der Waals surface area contributed by atoms with Gasteiger partial charge in [-0.1, -0.05) is 0 Å². The maximum Gasteiger partial charge on any atom is 0.534 e.